The number of para-hydroxylation sites is 2. The number of aromatic nitrogens is 1. The summed E-state index contributed by atoms with van der Waals surface area (Å²) in [5.74, 6) is 0.316. The molecule has 3 nitrogen and oxygen atoms in total. The van der Waals surface area contributed by atoms with Gasteiger partial charge in [0.1, 0.15) is 5.52 Å². The summed E-state index contributed by atoms with van der Waals surface area (Å²) in [4.78, 5) is 4.42. The summed E-state index contributed by atoms with van der Waals surface area (Å²) in [6.45, 7) is 1.76. The molecule has 86 valence electrons. The van der Waals surface area contributed by atoms with E-state index in [1.165, 1.54) is 0 Å². The fourth-order valence-corrected chi connectivity index (χ4v) is 2.08. The first kappa shape index (κ1) is 10.3. The molecule has 0 radical (unpaired) electrons. The van der Waals surface area contributed by atoms with Crippen molar-refractivity contribution in [1.29, 1.82) is 0 Å². The van der Waals surface area contributed by atoms with E-state index in [-0.39, 0.29) is 5.92 Å². The highest BCUT2D eigenvalue weighted by molar-refractivity contribution is 5.72. The van der Waals surface area contributed by atoms with Gasteiger partial charge in [-0.1, -0.05) is 36.4 Å². The van der Waals surface area contributed by atoms with E-state index in [4.69, 9.17) is 4.42 Å². The summed E-state index contributed by atoms with van der Waals surface area (Å²) in [5.41, 5.74) is 0.623. The van der Waals surface area contributed by atoms with E-state index in [0.29, 0.717) is 5.89 Å². The number of rotatable bonds is 1. The van der Waals surface area contributed by atoms with Crippen LogP contribution >= 0.6 is 0 Å². The van der Waals surface area contributed by atoms with Crippen molar-refractivity contribution in [3.63, 3.8) is 0 Å². The molecule has 0 saturated carbocycles. The molecule has 0 fully saturated rings. The van der Waals surface area contributed by atoms with Gasteiger partial charge in [0.2, 0.25) is 5.89 Å². The highest BCUT2D eigenvalue weighted by atomic mass is 16.4. The number of hydrogen-bond donors (Lipinski definition) is 1. The second-order valence-corrected chi connectivity index (χ2v) is 4.47. The molecule has 1 N–H and O–H groups in total. The van der Waals surface area contributed by atoms with Gasteiger partial charge in [0, 0.05) is 0 Å². The van der Waals surface area contributed by atoms with Crippen LogP contribution < -0.4 is 0 Å². The number of aliphatic hydroxyl groups is 1. The fourth-order valence-electron chi connectivity index (χ4n) is 2.08. The van der Waals surface area contributed by atoms with E-state index in [2.05, 4.69) is 4.98 Å². The van der Waals surface area contributed by atoms with E-state index >= 15 is 0 Å². The number of allylic oxidation sites excluding steroid dienone is 2. The Morgan fingerprint density at radius 1 is 1.29 bits per heavy atom. The van der Waals surface area contributed by atoms with Crippen LogP contribution in [-0.4, -0.2) is 15.7 Å². The first-order valence-electron chi connectivity index (χ1n) is 5.61. The molecule has 1 aromatic heterocycles. The van der Waals surface area contributed by atoms with Gasteiger partial charge in [-0.05, 0) is 19.1 Å². The largest absolute Gasteiger partial charge is 0.440 e. The van der Waals surface area contributed by atoms with Crippen molar-refractivity contribution < 1.29 is 9.52 Å². The summed E-state index contributed by atoms with van der Waals surface area (Å²) in [7, 11) is 0. The molecule has 2 atom stereocenters. The number of benzene rings is 1. The SMILES string of the molecule is CC1(O)C=CC=CC1c1nc2ccccc2o1. The molecular weight excluding hydrogens is 214 g/mol. The van der Waals surface area contributed by atoms with Crippen LogP contribution in [-0.2, 0) is 0 Å². The van der Waals surface area contributed by atoms with Gasteiger partial charge in [-0.3, -0.25) is 0 Å². The lowest BCUT2D eigenvalue weighted by atomic mass is 9.85. The maximum Gasteiger partial charge on any atom is 0.205 e. The summed E-state index contributed by atoms with van der Waals surface area (Å²) < 4.78 is 5.69. The maximum atomic E-state index is 10.3. The Kier molecular flexibility index (Phi) is 2.16. The number of oxazole rings is 1. The van der Waals surface area contributed by atoms with Crippen LogP contribution in [0.2, 0.25) is 0 Å². The van der Waals surface area contributed by atoms with Crippen LogP contribution in [0.3, 0.4) is 0 Å². The molecular formula is C14H13NO2. The Bertz CT molecular complexity index is 574. The molecule has 0 aliphatic heterocycles. The minimum atomic E-state index is -0.949. The van der Waals surface area contributed by atoms with Crippen molar-refractivity contribution in [1.82, 2.24) is 4.98 Å². The van der Waals surface area contributed by atoms with Crippen molar-refractivity contribution in [3.05, 3.63) is 54.5 Å². The predicted molar refractivity (Wildman–Crippen MR) is 65.7 cm³/mol. The van der Waals surface area contributed by atoms with Crippen LogP contribution in [0.4, 0.5) is 0 Å². The first-order chi connectivity index (χ1) is 8.17. The van der Waals surface area contributed by atoms with Gasteiger partial charge in [0.05, 0.1) is 11.5 Å². The average Bonchev–Trinajstić information content (AvgIpc) is 2.71. The Balaban J connectivity index is 2.09. The lowest BCUT2D eigenvalue weighted by Gasteiger charge is -2.27. The van der Waals surface area contributed by atoms with Gasteiger partial charge in [-0.2, -0.15) is 0 Å². The van der Waals surface area contributed by atoms with E-state index in [1.54, 1.807) is 13.0 Å². The quantitative estimate of drug-likeness (QED) is 0.814. The molecule has 0 bridgehead atoms. The molecule has 2 unspecified atom stereocenters. The topological polar surface area (TPSA) is 46.3 Å². The molecule has 2 aromatic rings. The van der Waals surface area contributed by atoms with Crippen LogP contribution in [0, 0.1) is 0 Å². The third kappa shape index (κ3) is 1.68. The standard InChI is InChI=1S/C14H13NO2/c1-14(16)9-5-4-6-10(14)13-15-11-7-2-3-8-12(11)17-13/h2-10,16H,1H3. The second kappa shape index (κ2) is 3.57. The van der Waals surface area contributed by atoms with Crippen molar-refractivity contribution in [2.75, 3.05) is 0 Å². The Labute approximate surface area is 99.1 Å². The lowest BCUT2D eigenvalue weighted by Crippen LogP contribution is -2.30. The lowest BCUT2D eigenvalue weighted by molar-refractivity contribution is 0.0859. The van der Waals surface area contributed by atoms with E-state index in [9.17, 15) is 5.11 Å². The predicted octanol–water partition coefficient (Wildman–Crippen LogP) is 2.79. The van der Waals surface area contributed by atoms with Crippen molar-refractivity contribution in [2.45, 2.75) is 18.4 Å². The first-order valence-corrected chi connectivity index (χ1v) is 5.61. The summed E-state index contributed by atoms with van der Waals surface area (Å²) in [5, 5.41) is 10.3. The Morgan fingerprint density at radius 2 is 2.12 bits per heavy atom. The van der Waals surface area contributed by atoms with Crippen LogP contribution in [0.1, 0.15) is 18.7 Å². The van der Waals surface area contributed by atoms with E-state index in [1.807, 2.05) is 42.5 Å². The molecule has 0 amide bonds. The fraction of sp³-hybridized carbons (Fsp3) is 0.214. The molecule has 0 spiro atoms. The highest BCUT2D eigenvalue weighted by Crippen LogP contribution is 2.34. The van der Waals surface area contributed by atoms with Crippen molar-refractivity contribution in [2.24, 2.45) is 0 Å². The van der Waals surface area contributed by atoms with Gasteiger partial charge in [0.25, 0.3) is 0 Å². The van der Waals surface area contributed by atoms with Gasteiger partial charge >= 0.3 is 0 Å². The minimum absolute atomic E-state index is 0.236. The van der Waals surface area contributed by atoms with Gasteiger partial charge in [-0.15, -0.1) is 0 Å². The summed E-state index contributed by atoms with van der Waals surface area (Å²) in [6, 6.07) is 7.61. The zero-order valence-electron chi connectivity index (χ0n) is 9.50. The normalized spacial score (nSPS) is 27.8. The van der Waals surface area contributed by atoms with Crippen molar-refractivity contribution in [3.8, 4) is 0 Å². The van der Waals surface area contributed by atoms with E-state index in [0.717, 1.165) is 11.1 Å². The molecule has 1 aromatic carbocycles. The molecule has 1 aliphatic carbocycles. The van der Waals surface area contributed by atoms with Gasteiger partial charge in [-0.25, -0.2) is 4.98 Å². The highest BCUT2D eigenvalue weighted by Gasteiger charge is 2.33. The van der Waals surface area contributed by atoms with Crippen molar-refractivity contribution >= 4 is 11.1 Å². The number of fused-ring (bicyclic) bond motifs is 1. The third-order valence-corrected chi connectivity index (χ3v) is 3.05. The van der Waals surface area contributed by atoms with Crippen LogP contribution in [0.25, 0.3) is 11.1 Å². The summed E-state index contributed by atoms with van der Waals surface area (Å²) >= 11 is 0. The molecule has 17 heavy (non-hydrogen) atoms. The average molecular weight is 227 g/mol. The molecule has 3 heteroatoms. The number of nitrogens with zero attached hydrogens (tertiary/aromatic N) is 1. The van der Waals surface area contributed by atoms with E-state index < -0.39 is 5.60 Å². The monoisotopic (exact) mass is 227 g/mol. The maximum absolute atomic E-state index is 10.3. The summed E-state index contributed by atoms with van der Waals surface area (Å²) in [6.07, 6.45) is 7.40. The molecule has 0 saturated heterocycles. The molecule has 1 heterocycles. The third-order valence-electron chi connectivity index (χ3n) is 3.05. The second-order valence-electron chi connectivity index (χ2n) is 4.47. The van der Waals surface area contributed by atoms with Gasteiger partial charge < -0.3 is 9.52 Å². The molecule has 1 aliphatic rings. The molecule has 3 rings (SSSR count). The Hall–Kier alpha value is -1.87. The van der Waals surface area contributed by atoms with Crippen LogP contribution in [0.5, 0.6) is 0 Å². The van der Waals surface area contributed by atoms with Crippen LogP contribution in [0.15, 0.2) is 53.0 Å². The zero-order valence-corrected chi connectivity index (χ0v) is 9.50. The Morgan fingerprint density at radius 3 is 2.88 bits per heavy atom. The number of hydrogen-bond acceptors (Lipinski definition) is 3. The smallest absolute Gasteiger partial charge is 0.205 e. The van der Waals surface area contributed by atoms with Gasteiger partial charge in [0.15, 0.2) is 5.58 Å². The minimum Gasteiger partial charge on any atom is -0.440 e. The zero-order chi connectivity index (χ0) is 11.9.